The van der Waals surface area contributed by atoms with Crippen LogP contribution >= 0.6 is 11.3 Å². The molecule has 1 atom stereocenters. The van der Waals surface area contributed by atoms with E-state index in [0.717, 1.165) is 5.56 Å². The van der Waals surface area contributed by atoms with Crippen LogP contribution in [0.15, 0.2) is 64.9 Å². The summed E-state index contributed by atoms with van der Waals surface area (Å²) in [7, 11) is -2.22. The van der Waals surface area contributed by atoms with Gasteiger partial charge in [-0.05, 0) is 43.2 Å². The number of aromatic nitrogens is 1. The molecule has 0 aliphatic rings. The number of sulfonamides is 1. The molecule has 0 fully saturated rings. The van der Waals surface area contributed by atoms with Crippen LogP contribution in [-0.2, 0) is 21.2 Å². The second-order valence-electron chi connectivity index (χ2n) is 6.62. The average molecular weight is 446 g/mol. The van der Waals surface area contributed by atoms with Crippen molar-refractivity contribution < 1.29 is 17.9 Å². The van der Waals surface area contributed by atoms with Gasteiger partial charge in [-0.3, -0.25) is 9.52 Å². The zero-order valence-corrected chi connectivity index (χ0v) is 18.3. The second-order valence-corrected chi connectivity index (χ2v) is 9.17. The molecule has 7 nitrogen and oxygen atoms in total. The minimum absolute atomic E-state index is 0.0824. The molecule has 0 aliphatic heterocycles. The van der Waals surface area contributed by atoms with Crippen molar-refractivity contribution in [2.75, 3.05) is 11.8 Å². The molecule has 3 rings (SSSR count). The smallest absolute Gasteiger partial charge is 0.263 e. The highest BCUT2D eigenvalue weighted by atomic mass is 32.2. The summed E-state index contributed by atoms with van der Waals surface area (Å²) in [4.78, 5) is 16.6. The average Bonchev–Trinajstić information content (AvgIpc) is 3.19. The monoisotopic (exact) mass is 445 g/mol. The number of anilines is 1. The van der Waals surface area contributed by atoms with Gasteiger partial charge in [0.15, 0.2) is 5.13 Å². The lowest BCUT2D eigenvalue weighted by Crippen LogP contribution is -2.26. The first-order valence-corrected chi connectivity index (χ1v) is 11.7. The van der Waals surface area contributed by atoms with Crippen LogP contribution in [0, 0.1) is 0 Å². The molecule has 1 amide bonds. The van der Waals surface area contributed by atoms with E-state index in [2.05, 4.69) is 15.0 Å². The number of methoxy groups -OCH3 is 1. The molecule has 2 N–H and O–H groups in total. The van der Waals surface area contributed by atoms with Crippen LogP contribution in [0.2, 0.25) is 0 Å². The molecule has 1 heterocycles. The number of aryl methyl sites for hydroxylation is 1. The van der Waals surface area contributed by atoms with Crippen LogP contribution in [0.1, 0.15) is 30.6 Å². The predicted molar refractivity (Wildman–Crippen MR) is 117 cm³/mol. The van der Waals surface area contributed by atoms with Gasteiger partial charge in [0.05, 0.1) is 23.7 Å². The molecule has 0 aliphatic carbocycles. The molecule has 1 aromatic heterocycles. The number of carbonyl (C=O) groups is 1. The fourth-order valence-corrected chi connectivity index (χ4v) is 4.78. The maximum atomic E-state index is 12.5. The number of hydrogen-bond acceptors (Lipinski definition) is 6. The molecule has 0 bridgehead atoms. The summed E-state index contributed by atoms with van der Waals surface area (Å²) in [5.74, 6) is 0.491. The fraction of sp³-hybridized carbons (Fsp3) is 0.238. The third-order valence-electron chi connectivity index (χ3n) is 4.43. The van der Waals surface area contributed by atoms with Crippen LogP contribution in [0.25, 0.3) is 0 Å². The number of amides is 1. The number of nitrogens with zero attached hydrogens (tertiary/aromatic N) is 1. The Labute approximate surface area is 180 Å². The lowest BCUT2D eigenvalue weighted by Gasteiger charge is -2.13. The summed E-state index contributed by atoms with van der Waals surface area (Å²) >= 11 is 1.18. The van der Waals surface area contributed by atoms with Crippen molar-refractivity contribution in [1.82, 2.24) is 10.3 Å². The quantitative estimate of drug-likeness (QED) is 0.523. The summed E-state index contributed by atoms with van der Waals surface area (Å²) in [6, 6.07) is 15.7. The Morgan fingerprint density at radius 1 is 1.13 bits per heavy atom. The van der Waals surface area contributed by atoms with Crippen molar-refractivity contribution in [2.45, 2.75) is 30.7 Å². The van der Waals surface area contributed by atoms with Gasteiger partial charge in [-0.25, -0.2) is 13.4 Å². The van der Waals surface area contributed by atoms with Crippen molar-refractivity contribution in [2.24, 2.45) is 0 Å². The number of nitrogens with one attached hydrogen (secondary N) is 2. The van der Waals surface area contributed by atoms with E-state index in [-0.39, 0.29) is 28.4 Å². The van der Waals surface area contributed by atoms with Crippen LogP contribution in [-0.4, -0.2) is 26.4 Å². The van der Waals surface area contributed by atoms with E-state index in [1.54, 1.807) is 17.5 Å². The van der Waals surface area contributed by atoms with Crippen molar-refractivity contribution in [1.29, 1.82) is 0 Å². The van der Waals surface area contributed by atoms with E-state index in [4.69, 9.17) is 4.74 Å². The van der Waals surface area contributed by atoms with Crippen molar-refractivity contribution in [3.05, 3.63) is 71.2 Å². The summed E-state index contributed by atoms with van der Waals surface area (Å²) in [5, 5.41) is 4.97. The first-order valence-electron chi connectivity index (χ1n) is 9.33. The normalized spacial score (nSPS) is 12.2. The highest BCUT2D eigenvalue weighted by Gasteiger charge is 2.17. The van der Waals surface area contributed by atoms with Crippen molar-refractivity contribution >= 4 is 32.4 Å². The van der Waals surface area contributed by atoms with Gasteiger partial charge in [0.25, 0.3) is 10.0 Å². The molecule has 158 valence electrons. The van der Waals surface area contributed by atoms with Crippen LogP contribution in [0.4, 0.5) is 5.13 Å². The number of ether oxygens (including phenoxy) is 1. The molecule has 2 aromatic carbocycles. The Morgan fingerprint density at radius 3 is 2.50 bits per heavy atom. The molecule has 9 heteroatoms. The van der Waals surface area contributed by atoms with E-state index in [9.17, 15) is 13.2 Å². The number of rotatable bonds is 9. The van der Waals surface area contributed by atoms with Gasteiger partial charge in [-0.2, -0.15) is 0 Å². The molecule has 0 radical (unpaired) electrons. The zero-order valence-electron chi connectivity index (χ0n) is 16.7. The molecular weight excluding hydrogens is 422 g/mol. The topological polar surface area (TPSA) is 97.4 Å². The van der Waals surface area contributed by atoms with Crippen LogP contribution in [0.3, 0.4) is 0 Å². The SMILES string of the molecule is COc1ccc(S(=O)(=O)Nc2nc(CCC(=O)NC(C)c3ccccc3)cs2)cc1. The molecule has 3 aromatic rings. The molecule has 1 unspecified atom stereocenters. The first kappa shape index (κ1) is 21.8. The summed E-state index contributed by atoms with van der Waals surface area (Å²) in [5.41, 5.74) is 1.70. The molecule has 0 saturated carbocycles. The standard InChI is InChI=1S/C21H23N3O4S2/c1-15(16-6-4-3-5-7-16)22-20(25)13-8-17-14-29-21(23-17)24-30(26,27)19-11-9-18(28-2)10-12-19/h3-7,9-12,14-15H,8,13H2,1-2H3,(H,22,25)(H,23,24). The second kappa shape index (κ2) is 9.73. The van der Waals surface area contributed by atoms with Gasteiger partial charge >= 0.3 is 0 Å². The van der Waals surface area contributed by atoms with Gasteiger partial charge in [-0.15, -0.1) is 11.3 Å². The number of benzene rings is 2. The zero-order chi connectivity index (χ0) is 21.6. The lowest BCUT2D eigenvalue weighted by atomic mass is 10.1. The summed E-state index contributed by atoms with van der Waals surface area (Å²) in [6.07, 6.45) is 0.694. The Morgan fingerprint density at radius 2 is 1.83 bits per heavy atom. The molecule has 0 spiro atoms. The lowest BCUT2D eigenvalue weighted by molar-refractivity contribution is -0.121. The van der Waals surface area contributed by atoms with E-state index < -0.39 is 10.0 Å². The Balaban J connectivity index is 1.53. The Hall–Kier alpha value is -2.91. The first-order chi connectivity index (χ1) is 14.4. The molecule has 30 heavy (non-hydrogen) atoms. The van der Waals surface area contributed by atoms with E-state index >= 15 is 0 Å². The molecule has 0 saturated heterocycles. The van der Waals surface area contributed by atoms with Gasteiger partial charge in [0.1, 0.15) is 5.75 Å². The predicted octanol–water partition coefficient (Wildman–Crippen LogP) is 3.76. The van der Waals surface area contributed by atoms with Gasteiger partial charge in [0, 0.05) is 11.8 Å². The highest BCUT2D eigenvalue weighted by molar-refractivity contribution is 7.93. The highest BCUT2D eigenvalue weighted by Crippen LogP contribution is 2.22. The largest absolute Gasteiger partial charge is 0.497 e. The number of thiazole rings is 1. The van der Waals surface area contributed by atoms with Crippen molar-refractivity contribution in [3.8, 4) is 5.75 Å². The van der Waals surface area contributed by atoms with Crippen molar-refractivity contribution in [3.63, 3.8) is 0 Å². The fourth-order valence-electron chi connectivity index (χ4n) is 2.78. The third kappa shape index (κ3) is 5.80. The molecular formula is C21H23N3O4S2. The minimum Gasteiger partial charge on any atom is -0.497 e. The maximum Gasteiger partial charge on any atom is 0.263 e. The summed E-state index contributed by atoms with van der Waals surface area (Å²) in [6.45, 7) is 1.93. The van der Waals surface area contributed by atoms with E-state index in [1.807, 2.05) is 37.3 Å². The van der Waals surface area contributed by atoms with Gasteiger partial charge in [-0.1, -0.05) is 30.3 Å². The maximum absolute atomic E-state index is 12.5. The van der Waals surface area contributed by atoms with Crippen LogP contribution < -0.4 is 14.8 Å². The number of carbonyl (C=O) groups excluding carboxylic acids is 1. The van der Waals surface area contributed by atoms with E-state index in [1.165, 1.54) is 30.6 Å². The minimum atomic E-state index is -3.74. The van der Waals surface area contributed by atoms with Gasteiger partial charge < -0.3 is 10.1 Å². The number of hydrogen-bond donors (Lipinski definition) is 2. The third-order valence-corrected chi connectivity index (χ3v) is 6.72. The van der Waals surface area contributed by atoms with E-state index in [0.29, 0.717) is 17.9 Å². The Bertz CT molecular complexity index is 1080. The Kier molecular flexibility index (Phi) is 7.07. The van der Waals surface area contributed by atoms with Crippen LogP contribution in [0.5, 0.6) is 5.75 Å². The van der Waals surface area contributed by atoms with Gasteiger partial charge in [0.2, 0.25) is 5.91 Å². The summed E-state index contributed by atoms with van der Waals surface area (Å²) < 4.78 is 32.5.